The van der Waals surface area contributed by atoms with Crippen LogP contribution in [0.2, 0.25) is 0 Å². The van der Waals surface area contributed by atoms with Gasteiger partial charge < -0.3 is 0 Å². The summed E-state index contributed by atoms with van der Waals surface area (Å²) in [5.74, 6) is 0. The van der Waals surface area contributed by atoms with E-state index in [9.17, 15) is 0 Å². The highest BCUT2D eigenvalue weighted by Crippen LogP contribution is 2.12. The molecule has 66 valence electrons. The fraction of sp³-hybridized carbons (Fsp3) is 0.818. The molecule has 0 saturated heterocycles. The molecule has 0 aromatic rings. The van der Waals surface area contributed by atoms with Crippen LogP contribution < -0.4 is 0 Å². The van der Waals surface area contributed by atoms with Crippen LogP contribution in [0, 0.1) is 0 Å². The van der Waals surface area contributed by atoms with Gasteiger partial charge in [0.15, 0.2) is 0 Å². The molecule has 0 unspecified atom stereocenters. The monoisotopic (exact) mass is 154 g/mol. The van der Waals surface area contributed by atoms with Gasteiger partial charge in [0.1, 0.15) is 0 Å². The molecule has 0 radical (unpaired) electrons. The lowest BCUT2D eigenvalue weighted by Crippen LogP contribution is -1.82. The lowest BCUT2D eigenvalue weighted by Gasteiger charge is -2.02. The number of hydrogen-bond donors (Lipinski definition) is 0. The van der Waals surface area contributed by atoms with Crippen LogP contribution in [0.5, 0.6) is 0 Å². The Labute approximate surface area is 71.7 Å². The Morgan fingerprint density at radius 3 is 2.27 bits per heavy atom. The van der Waals surface area contributed by atoms with Crippen molar-refractivity contribution < 1.29 is 0 Å². The van der Waals surface area contributed by atoms with Gasteiger partial charge in [-0.25, -0.2) is 0 Å². The van der Waals surface area contributed by atoms with Crippen LogP contribution in [-0.2, 0) is 0 Å². The summed E-state index contributed by atoms with van der Waals surface area (Å²) < 4.78 is 0. The zero-order valence-electron chi connectivity index (χ0n) is 8.32. The molecule has 0 aliphatic carbocycles. The van der Waals surface area contributed by atoms with Crippen molar-refractivity contribution in [1.29, 1.82) is 0 Å². The topological polar surface area (TPSA) is 0 Å². The largest absolute Gasteiger partial charge is 0.0856 e. The molecule has 0 heteroatoms. The van der Waals surface area contributed by atoms with E-state index in [1.807, 2.05) is 0 Å². The van der Waals surface area contributed by atoms with Gasteiger partial charge in [0.2, 0.25) is 0 Å². The van der Waals surface area contributed by atoms with Gasteiger partial charge in [0.25, 0.3) is 0 Å². The molecule has 0 fully saturated rings. The highest BCUT2D eigenvalue weighted by molar-refractivity contribution is 5.00. The van der Waals surface area contributed by atoms with Gasteiger partial charge in [-0.1, -0.05) is 45.3 Å². The quantitative estimate of drug-likeness (QED) is 0.395. The summed E-state index contributed by atoms with van der Waals surface area (Å²) in [5.41, 5.74) is 1.65. The van der Waals surface area contributed by atoms with Crippen molar-refractivity contribution in [2.75, 3.05) is 0 Å². The maximum Gasteiger partial charge on any atom is -0.0320 e. The average Bonchev–Trinajstić information content (AvgIpc) is 2.03. The van der Waals surface area contributed by atoms with Crippen LogP contribution in [0.3, 0.4) is 0 Å². The molecule has 0 nitrogen and oxygen atoms in total. The number of allylic oxidation sites excluding steroid dienone is 2. The second-order valence-electron chi connectivity index (χ2n) is 3.08. The van der Waals surface area contributed by atoms with E-state index < -0.39 is 0 Å². The summed E-state index contributed by atoms with van der Waals surface area (Å²) in [6, 6.07) is 0. The van der Waals surface area contributed by atoms with Gasteiger partial charge in [-0.3, -0.25) is 0 Å². The highest BCUT2D eigenvalue weighted by Gasteiger charge is 1.92. The number of rotatable bonds is 6. The van der Waals surface area contributed by atoms with Gasteiger partial charge in [0, 0.05) is 0 Å². The third-order valence-electron chi connectivity index (χ3n) is 2.05. The fourth-order valence-corrected chi connectivity index (χ4v) is 1.31. The average molecular weight is 154 g/mol. The first-order valence-electron chi connectivity index (χ1n) is 5.03. The standard InChI is InChI=1S/C11H22/c1-4-7-8-10-11(6-3)9-5-2/h9H,4-8,10H2,1-3H3/b11-9+. The van der Waals surface area contributed by atoms with E-state index in [0.29, 0.717) is 0 Å². The fourth-order valence-electron chi connectivity index (χ4n) is 1.31. The molecule has 0 amide bonds. The molecule has 0 aliphatic heterocycles. The molecule has 0 aliphatic rings. The Morgan fingerprint density at radius 2 is 1.82 bits per heavy atom. The Morgan fingerprint density at radius 1 is 1.09 bits per heavy atom. The minimum absolute atomic E-state index is 1.20. The van der Waals surface area contributed by atoms with E-state index in [-0.39, 0.29) is 0 Å². The number of unbranched alkanes of at least 4 members (excludes halogenated alkanes) is 2. The van der Waals surface area contributed by atoms with Crippen molar-refractivity contribution in [1.82, 2.24) is 0 Å². The summed E-state index contributed by atoms with van der Waals surface area (Å²) in [5, 5.41) is 0. The van der Waals surface area contributed by atoms with Crippen LogP contribution in [0.4, 0.5) is 0 Å². The Kier molecular flexibility index (Phi) is 7.66. The summed E-state index contributed by atoms with van der Waals surface area (Å²) in [6.45, 7) is 6.73. The first-order chi connectivity index (χ1) is 5.35. The number of hydrogen-bond acceptors (Lipinski definition) is 0. The third-order valence-corrected chi connectivity index (χ3v) is 2.05. The van der Waals surface area contributed by atoms with Crippen molar-refractivity contribution >= 4 is 0 Å². The van der Waals surface area contributed by atoms with E-state index in [1.54, 1.807) is 5.57 Å². The molecular weight excluding hydrogens is 132 g/mol. The Balaban J connectivity index is 3.44. The molecule has 0 aromatic carbocycles. The van der Waals surface area contributed by atoms with E-state index >= 15 is 0 Å². The SMILES string of the molecule is CC/C=C(\CC)CCCCC. The van der Waals surface area contributed by atoms with Crippen molar-refractivity contribution in [2.24, 2.45) is 0 Å². The first-order valence-corrected chi connectivity index (χ1v) is 5.03. The minimum Gasteiger partial charge on any atom is -0.0856 e. The van der Waals surface area contributed by atoms with E-state index in [1.165, 1.54) is 38.5 Å². The lowest BCUT2D eigenvalue weighted by atomic mass is 10.0. The molecule has 11 heavy (non-hydrogen) atoms. The summed E-state index contributed by atoms with van der Waals surface area (Å²) in [4.78, 5) is 0. The minimum atomic E-state index is 1.20. The van der Waals surface area contributed by atoms with Gasteiger partial charge in [-0.2, -0.15) is 0 Å². The van der Waals surface area contributed by atoms with Crippen molar-refractivity contribution in [3.05, 3.63) is 11.6 Å². The summed E-state index contributed by atoms with van der Waals surface area (Å²) in [6.07, 6.45) is 10.3. The second kappa shape index (κ2) is 7.84. The maximum absolute atomic E-state index is 2.38. The zero-order chi connectivity index (χ0) is 8.53. The summed E-state index contributed by atoms with van der Waals surface area (Å²) in [7, 11) is 0. The molecule has 0 spiro atoms. The molecule has 0 N–H and O–H groups in total. The molecular formula is C11H22. The van der Waals surface area contributed by atoms with Crippen LogP contribution in [-0.4, -0.2) is 0 Å². The van der Waals surface area contributed by atoms with Crippen molar-refractivity contribution in [3.63, 3.8) is 0 Å². The van der Waals surface area contributed by atoms with Crippen molar-refractivity contribution in [3.8, 4) is 0 Å². The molecule has 0 saturated carbocycles. The van der Waals surface area contributed by atoms with E-state index in [0.717, 1.165) is 0 Å². The van der Waals surface area contributed by atoms with Crippen LogP contribution in [0.15, 0.2) is 11.6 Å². The zero-order valence-corrected chi connectivity index (χ0v) is 8.32. The molecule has 0 heterocycles. The molecule has 0 atom stereocenters. The smallest absolute Gasteiger partial charge is 0.0320 e. The highest BCUT2D eigenvalue weighted by atomic mass is 14.0. The predicted molar refractivity (Wildman–Crippen MR) is 52.8 cm³/mol. The lowest BCUT2D eigenvalue weighted by molar-refractivity contribution is 0.700. The van der Waals surface area contributed by atoms with Crippen molar-refractivity contribution in [2.45, 2.75) is 59.3 Å². The van der Waals surface area contributed by atoms with Gasteiger partial charge in [-0.15, -0.1) is 0 Å². The maximum atomic E-state index is 2.38. The first kappa shape index (κ1) is 10.7. The van der Waals surface area contributed by atoms with Crippen LogP contribution in [0.1, 0.15) is 59.3 Å². The van der Waals surface area contributed by atoms with E-state index in [2.05, 4.69) is 26.8 Å². The normalized spacial score (nSPS) is 12.1. The van der Waals surface area contributed by atoms with Gasteiger partial charge >= 0.3 is 0 Å². The third kappa shape index (κ3) is 6.15. The predicted octanol–water partition coefficient (Wildman–Crippen LogP) is 4.31. The van der Waals surface area contributed by atoms with Gasteiger partial charge in [-0.05, 0) is 25.7 Å². The van der Waals surface area contributed by atoms with E-state index in [4.69, 9.17) is 0 Å². The van der Waals surface area contributed by atoms with Gasteiger partial charge in [0.05, 0.1) is 0 Å². The Hall–Kier alpha value is -0.260. The molecule has 0 bridgehead atoms. The Bertz CT molecular complexity index is 101. The summed E-state index contributed by atoms with van der Waals surface area (Å²) >= 11 is 0. The molecule has 0 rings (SSSR count). The van der Waals surface area contributed by atoms with Crippen LogP contribution >= 0.6 is 0 Å². The second-order valence-corrected chi connectivity index (χ2v) is 3.08. The van der Waals surface area contributed by atoms with Crippen LogP contribution in [0.25, 0.3) is 0 Å². The molecule has 0 aromatic heterocycles.